The first-order valence-corrected chi connectivity index (χ1v) is 20.4. The topological polar surface area (TPSA) is 125 Å². The van der Waals surface area contributed by atoms with Crippen molar-refractivity contribution in [2.75, 3.05) is 19.8 Å². The van der Waals surface area contributed by atoms with Gasteiger partial charge in [0.15, 0.2) is 5.82 Å². The maximum Gasteiger partial charge on any atom is 0.307 e. The normalized spacial score (nSPS) is 41.4. The van der Waals surface area contributed by atoms with Gasteiger partial charge in [-0.25, -0.2) is 9.67 Å². The Kier molecular flexibility index (Phi) is 9.26. The van der Waals surface area contributed by atoms with Crippen LogP contribution in [-0.2, 0) is 14.3 Å². The molecular weight excluding hydrogens is 663 g/mol. The van der Waals surface area contributed by atoms with E-state index in [1.807, 2.05) is 24.5 Å². The van der Waals surface area contributed by atoms with Crippen molar-refractivity contribution in [3.8, 4) is 11.4 Å². The highest BCUT2D eigenvalue weighted by Gasteiger charge is 2.73. The van der Waals surface area contributed by atoms with E-state index in [1.54, 1.807) is 6.33 Å². The quantitative estimate of drug-likeness (QED) is 0.259. The van der Waals surface area contributed by atoms with Crippen LogP contribution in [0.25, 0.3) is 11.4 Å². The lowest BCUT2D eigenvalue weighted by Gasteiger charge is -2.71. The highest BCUT2D eigenvalue weighted by molar-refractivity contribution is 5.73. The number of aliphatic carboxylic acids is 1. The maximum atomic E-state index is 13.6. The molecule has 53 heavy (non-hydrogen) atoms. The number of nitrogens with zero attached hydrogens (tertiary/aromatic N) is 4. The van der Waals surface area contributed by atoms with Gasteiger partial charge < -0.3 is 20.3 Å². The van der Waals surface area contributed by atoms with E-state index in [0.717, 1.165) is 49.9 Å². The second-order valence-corrected chi connectivity index (χ2v) is 20.8. The Labute approximate surface area is 318 Å². The Bertz CT molecular complexity index is 1730. The number of carbonyl (C=O) groups is 1. The van der Waals surface area contributed by atoms with E-state index in [1.165, 1.54) is 5.57 Å². The Morgan fingerprint density at radius 1 is 1.06 bits per heavy atom. The van der Waals surface area contributed by atoms with Gasteiger partial charge in [-0.05, 0) is 108 Å². The number of allylic oxidation sites excluding steroid dienone is 1. The predicted octanol–water partition coefficient (Wildman–Crippen LogP) is 8.62. The molecular formula is C44H67N5O4. The summed E-state index contributed by atoms with van der Waals surface area (Å²) in [7, 11) is 0. The van der Waals surface area contributed by atoms with E-state index in [0.29, 0.717) is 37.6 Å². The molecule has 7 rings (SSSR count). The Balaban J connectivity index is 1.41. The second-order valence-electron chi connectivity index (χ2n) is 20.8. The molecule has 1 aliphatic heterocycles. The van der Waals surface area contributed by atoms with Gasteiger partial charge in [-0.15, -0.1) is 0 Å². The monoisotopic (exact) mass is 730 g/mol. The summed E-state index contributed by atoms with van der Waals surface area (Å²) >= 11 is 0. The molecule has 12 atom stereocenters. The molecule has 292 valence electrons. The van der Waals surface area contributed by atoms with Gasteiger partial charge >= 0.3 is 5.97 Å². The van der Waals surface area contributed by atoms with Crippen LogP contribution in [0, 0.1) is 62.1 Å². The van der Waals surface area contributed by atoms with Crippen molar-refractivity contribution in [1.29, 1.82) is 0 Å². The molecule has 0 amide bonds. The van der Waals surface area contributed by atoms with Gasteiger partial charge in [-0.2, -0.15) is 5.10 Å². The predicted molar refractivity (Wildman–Crippen MR) is 208 cm³/mol. The van der Waals surface area contributed by atoms with Gasteiger partial charge in [0, 0.05) is 28.9 Å². The van der Waals surface area contributed by atoms with E-state index in [2.05, 4.69) is 91.9 Å². The number of pyridine rings is 1. The Morgan fingerprint density at radius 3 is 2.40 bits per heavy atom. The molecule has 0 unspecified atom stereocenters. The summed E-state index contributed by atoms with van der Waals surface area (Å²) in [6, 6.07) is 3.89. The van der Waals surface area contributed by atoms with Crippen molar-refractivity contribution in [3.05, 3.63) is 42.5 Å². The first-order chi connectivity index (χ1) is 24.7. The van der Waals surface area contributed by atoms with Crippen molar-refractivity contribution in [1.82, 2.24) is 19.7 Å². The first kappa shape index (κ1) is 38.6. The summed E-state index contributed by atoms with van der Waals surface area (Å²) in [5.41, 5.74) is 7.31. The number of hydrogen-bond donors (Lipinski definition) is 2. The lowest BCUT2D eigenvalue weighted by molar-refractivity contribution is -0.255. The Hall–Kier alpha value is -2.62. The van der Waals surface area contributed by atoms with E-state index >= 15 is 0 Å². The summed E-state index contributed by atoms with van der Waals surface area (Å²) in [4.78, 5) is 22.7. The third-order valence-electron chi connectivity index (χ3n) is 17.1. The standard InChI is InChI=1S/C44H67N5O4/c1-27(2)28(3)40(8)18-19-41(9)30-12-13-33-39(7)22-32(49-36(47-26-48-49)29-15-20-46-21-16-29)35(53-24-43(11,45)38(4,5)6)44(33,25-52-23-39)31(30)14-17-42(41,10)34(40)37(50)51/h14-16,20-21,26-28,30,32-35H,12-13,17-19,22-25,45H2,1-11H3,(H,50,51)/t28-,30+,32-,33-,34-,35+,39-,40-,41-,42+,43+,44+/m1/s1. The SMILES string of the molecule is CC(C)[C@@H](C)[C@@]1(C)CC[C@]2(C)[C@H]3CC[C@@H]4[C@@]5(C)COC[C@@]4(C3=CC[C@@]2(C)[C@@H]1C(=O)O)[C@@H](OC[C@](C)(N)C(C)(C)C)[C@H](n1ncnc1-c1ccncc1)C5. The number of rotatable bonds is 8. The van der Waals surface area contributed by atoms with E-state index in [9.17, 15) is 9.90 Å². The maximum absolute atomic E-state index is 13.6. The molecule has 3 heterocycles. The Morgan fingerprint density at radius 2 is 1.75 bits per heavy atom. The number of carboxylic acids is 1. The van der Waals surface area contributed by atoms with Crippen molar-refractivity contribution >= 4 is 5.97 Å². The first-order valence-electron chi connectivity index (χ1n) is 20.4. The molecule has 2 aromatic rings. The van der Waals surface area contributed by atoms with Crippen molar-refractivity contribution in [2.45, 2.75) is 132 Å². The van der Waals surface area contributed by atoms with Crippen LogP contribution in [0.4, 0.5) is 0 Å². The third kappa shape index (κ3) is 5.47. The molecule has 9 heteroatoms. The average molecular weight is 730 g/mol. The zero-order valence-electron chi connectivity index (χ0n) is 34.4. The van der Waals surface area contributed by atoms with Gasteiger partial charge in [-0.3, -0.25) is 9.78 Å². The largest absolute Gasteiger partial charge is 0.481 e. The van der Waals surface area contributed by atoms with Gasteiger partial charge in [0.1, 0.15) is 6.33 Å². The number of ether oxygens (including phenoxy) is 2. The smallest absolute Gasteiger partial charge is 0.307 e. The van der Waals surface area contributed by atoms with Gasteiger partial charge in [0.25, 0.3) is 0 Å². The van der Waals surface area contributed by atoms with Gasteiger partial charge in [-0.1, -0.05) is 80.9 Å². The van der Waals surface area contributed by atoms with Crippen molar-refractivity contribution in [2.24, 2.45) is 67.8 Å². The van der Waals surface area contributed by atoms with Crippen LogP contribution in [0.2, 0.25) is 0 Å². The lowest BCUT2D eigenvalue weighted by atomic mass is 9.34. The molecule has 9 nitrogen and oxygen atoms in total. The number of hydrogen-bond acceptors (Lipinski definition) is 7. The van der Waals surface area contributed by atoms with Crippen LogP contribution in [0.15, 0.2) is 42.5 Å². The number of aromatic nitrogens is 4. The van der Waals surface area contributed by atoms with Crippen LogP contribution in [0.3, 0.4) is 0 Å². The van der Waals surface area contributed by atoms with Crippen LogP contribution in [0.1, 0.15) is 121 Å². The van der Waals surface area contributed by atoms with Crippen molar-refractivity contribution in [3.63, 3.8) is 0 Å². The molecule has 2 aromatic heterocycles. The second kappa shape index (κ2) is 12.7. The zero-order valence-corrected chi connectivity index (χ0v) is 34.4. The minimum atomic E-state index is -0.635. The number of carboxylic acid groups (broad SMARTS) is 1. The molecule has 1 saturated heterocycles. The number of fused-ring (bicyclic) bond motifs is 3. The summed E-state index contributed by atoms with van der Waals surface area (Å²) < 4.78 is 16.4. The zero-order chi connectivity index (χ0) is 38.6. The molecule has 0 radical (unpaired) electrons. The summed E-state index contributed by atoms with van der Waals surface area (Å²) in [5, 5.41) is 16.2. The van der Waals surface area contributed by atoms with Crippen LogP contribution in [-0.4, -0.2) is 62.3 Å². The molecule has 0 aromatic carbocycles. The summed E-state index contributed by atoms with van der Waals surface area (Å²) in [5.74, 6) is 0.996. The average Bonchev–Trinajstić information content (AvgIpc) is 3.57. The minimum Gasteiger partial charge on any atom is -0.481 e. The fourth-order valence-corrected chi connectivity index (χ4v) is 12.8. The molecule has 4 aliphatic carbocycles. The third-order valence-corrected chi connectivity index (χ3v) is 17.1. The lowest BCUT2D eigenvalue weighted by Crippen LogP contribution is -2.70. The summed E-state index contributed by atoms with van der Waals surface area (Å²) in [6.07, 6.45) is 13.1. The van der Waals surface area contributed by atoms with Gasteiger partial charge in [0.2, 0.25) is 0 Å². The van der Waals surface area contributed by atoms with Gasteiger partial charge in [0.05, 0.1) is 37.9 Å². The van der Waals surface area contributed by atoms with Crippen LogP contribution < -0.4 is 5.73 Å². The van der Waals surface area contributed by atoms with E-state index in [4.69, 9.17) is 25.3 Å². The number of nitrogens with two attached hydrogens (primary N) is 1. The van der Waals surface area contributed by atoms with Crippen molar-refractivity contribution < 1.29 is 19.4 Å². The fourth-order valence-electron chi connectivity index (χ4n) is 12.8. The molecule has 5 aliphatic rings. The highest BCUT2D eigenvalue weighted by atomic mass is 16.5. The summed E-state index contributed by atoms with van der Waals surface area (Å²) in [6.45, 7) is 26.6. The highest BCUT2D eigenvalue weighted by Crippen LogP contribution is 2.75. The molecule has 4 fully saturated rings. The molecule has 3 saturated carbocycles. The molecule has 3 N–H and O–H groups in total. The molecule has 0 spiro atoms. The van der Waals surface area contributed by atoms with Crippen LogP contribution in [0.5, 0.6) is 0 Å². The molecule has 2 bridgehead atoms. The van der Waals surface area contributed by atoms with Crippen LogP contribution >= 0.6 is 0 Å². The minimum absolute atomic E-state index is 0.115. The van der Waals surface area contributed by atoms with E-state index < -0.39 is 28.3 Å². The fraction of sp³-hybridized carbons (Fsp3) is 0.773. The van der Waals surface area contributed by atoms with E-state index in [-0.39, 0.29) is 39.7 Å².